The maximum atomic E-state index is 11.7. The molecule has 21 heavy (non-hydrogen) atoms. The molecule has 0 bridgehead atoms. The molecule has 0 radical (unpaired) electrons. The number of ether oxygens (including phenoxy) is 1. The quantitative estimate of drug-likeness (QED) is 0.763. The number of benzene rings is 1. The smallest absolute Gasteiger partial charge is 0.163 e. The van der Waals surface area contributed by atoms with Gasteiger partial charge in [0.15, 0.2) is 5.78 Å². The zero-order chi connectivity index (χ0) is 15.4. The van der Waals surface area contributed by atoms with Crippen molar-refractivity contribution in [1.82, 2.24) is 9.78 Å². The molecule has 0 aliphatic carbocycles. The van der Waals surface area contributed by atoms with E-state index in [9.17, 15) is 4.79 Å². The van der Waals surface area contributed by atoms with Crippen molar-refractivity contribution in [2.45, 2.75) is 47.3 Å². The standard InChI is InChI=1S/C17H22N2O2/c1-5-14-10-15(19(6-2)18-14)11-21-17-9-12(3)7-8-16(17)13(4)20/h7-10H,5-6,11H2,1-4H3. The summed E-state index contributed by atoms with van der Waals surface area (Å²) >= 11 is 0. The van der Waals surface area contributed by atoms with Crippen LogP contribution in [-0.2, 0) is 19.6 Å². The van der Waals surface area contributed by atoms with Crippen LogP contribution < -0.4 is 4.74 Å². The minimum absolute atomic E-state index is 0.0169. The highest BCUT2D eigenvalue weighted by atomic mass is 16.5. The van der Waals surface area contributed by atoms with Crippen LogP contribution in [0.15, 0.2) is 24.3 Å². The average molecular weight is 286 g/mol. The summed E-state index contributed by atoms with van der Waals surface area (Å²) in [7, 11) is 0. The number of hydrogen-bond donors (Lipinski definition) is 0. The second-order valence-electron chi connectivity index (χ2n) is 5.14. The molecule has 0 unspecified atom stereocenters. The zero-order valence-corrected chi connectivity index (χ0v) is 13.1. The van der Waals surface area contributed by atoms with Crippen molar-refractivity contribution >= 4 is 5.78 Å². The molecular weight excluding hydrogens is 264 g/mol. The van der Waals surface area contributed by atoms with Gasteiger partial charge in [-0.3, -0.25) is 9.48 Å². The van der Waals surface area contributed by atoms with E-state index in [4.69, 9.17) is 4.74 Å². The predicted molar refractivity (Wildman–Crippen MR) is 82.8 cm³/mol. The molecule has 4 nitrogen and oxygen atoms in total. The van der Waals surface area contributed by atoms with Gasteiger partial charge in [-0.2, -0.15) is 5.10 Å². The van der Waals surface area contributed by atoms with Gasteiger partial charge in [-0.15, -0.1) is 0 Å². The molecular formula is C17H22N2O2. The van der Waals surface area contributed by atoms with Gasteiger partial charge in [-0.1, -0.05) is 13.0 Å². The Labute approximate surface area is 125 Å². The lowest BCUT2D eigenvalue weighted by molar-refractivity contribution is 0.101. The fourth-order valence-electron chi connectivity index (χ4n) is 2.27. The number of ketones is 1. The highest BCUT2D eigenvalue weighted by Gasteiger charge is 2.11. The van der Waals surface area contributed by atoms with Gasteiger partial charge >= 0.3 is 0 Å². The van der Waals surface area contributed by atoms with E-state index in [0.29, 0.717) is 17.9 Å². The van der Waals surface area contributed by atoms with E-state index in [1.807, 2.05) is 29.8 Å². The first-order valence-corrected chi connectivity index (χ1v) is 7.35. The number of carbonyl (C=O) groups is 1. The lowest BCUT2D eigenvalue weighted by Crippen LogP contribution is -2.08. The second-order valence-corrected chi connectivity index (χ2v) is 5.14. The Balaban J connectivity index is 2.21. The van der Waals surface area contributed by atoms with E-state index in [2.05, 4.69) is 25.0 Å². The van der Waals surface area contributed by atoms with Crippen LogP contribution in [0.25, 0.3) is 0 Å². The normalized spacial score (nSPS) is 10.7. The first kappa shape index (κ1) is 15.3. The van der Waals surface area contributed by atoms with Gasteiger partial charge in [0, 0.05) is 6.54 Å². The molecule has 1 aromatic carbocycles. The van der Waals surface area contributed by atoms with Gasteiger partial charge in [0.25, 0.3) is 0 Å². The van der Waals surface area contributed by atoms with Gasteiger partial charge in [-0.25, -0.2) is 0 Å². The third kappa shape index (κ3) is 3.51. The Kier molecular flexibility index (Phi) is 4.78. The van der Waals surface area contributed by atoms with Crippen LogP contribution in [0.5, 0.6) is 5.75 Å². The fraction of sp³-hybridized carbons (Fsp3) is 0.412. The van der Waals surface area contributed by atoms with Gasteiger partial charge in [0.05, 0.1) is 17.0 Å². The predicted octanol–water partition coefficient (Wildman–Crippen LogP) is 3.56. The Bertz CT molecular complexity index is 644. The molecule has 0 aliphatic heterocycles. The first-order valence-electron chi connectivity index (χ1n) is 7.35. The Morgan fingerprint density at radius 1 is 1.29 bits per heavy atom. The molecule has 0 saturated heterocycles. The molecule has 4 heteroatoms. The van der Waals surface area contributed by atoms with Gasteiger partial charge in [0.2, 0.25) is 0 Å². The van der Waals surface area contributed by atoms with Crippen molar-refractivity contribution in [2.75, 3.05) is 0 Å². The highest BCUT2D eigenvalue weighted by molar-refractivity contribution is 5.96. The van der Waals surface area contributed by atoms with Crippen molar-refractivity contribution < 1.29 is 9.53 Å². The monoisotopic (exact) mass is 286 g/mol. The van der Waals surface area contributed by atoms with Gasteiger partial charge in [-0.05, 0) is 51.0 Å². The Hall–Kier alpha value is -2.10. The molecule has 0 fully saturated rings. The van der Waals surface area contributed by atoms with Crippen LogP contribution in [-0.4, -0.2) is 15.6 Å². The van der Waals surface area contributed by atoms with E-state index in [1.165, 1.54) is 0 Å². The van der Waals surface area contributed by atoms with Gasteiger partial charge < -0.3 is 4.74 Å². The molecule has 0 atom stereocenters. The summed E-state index contributed by atoms with van der Waals surface area (Å²) in [6, 6.07) is 7.72. The third-order valence-electron chi connectivity index (χ3n) is 3.47. The van der Waals surface area contributed by atoms with Crippen LogP contribution in [0.2, 0.25) is 0 Å². The van der Waals surface area contributed by atoms with Crippen LogP contribution in [0, 0.1) is 6.92 Å². The third-order valence-corrected chi connectivity index (χ3v) is 3.47. The Morgan fingerprint density at radius 2 is 2.05 bits per heavy atom. The van der Waals surface area contributed by atoms with Crippen molar-refractivity contribution in [3.63, 3.8) is 0 Å². The molecule has 0 amide bonds. The summed E-state index contributed by atoms with van der Waals surface area (Å²) in [5, 5.41) is 4.50. The molecule has 112 valence electrons. The molecule has 2 rings (SSSR count). The van der Waals surface area contributed by atoms with E-state index in [1.54, 1.807) is 6.92 Å². The van der Waals surface area contributed by atoms with Crippen molar-refractivity contribution in [3.8, 4) is 5.75 Å². The maximum Gasteiger partial charge on any atom is 0.163 e. The minimum Gasteiger partial charge on any atom is -0.487 e. The van der Waals surface area contributed by atoms with Crippen LogP contribution in [0.1, 0.15) is 48.1 Å². The number of carbonyl (C=O) groups excluding carboxylic acids is 1. The van der Waals surface area contributed by atoms with Crippen LogP contribution in [0.3, 0.4) is 0 Å². The molecule has 0 saturated carbocycles. The van der Waals surface area contributed by atoms with E-state index in [-0.39, 0.29) is 5.78 Å². The topological polar surface area (TPSA) is 44.1 Å². The minimum atomic E-state index is 0.0169. The number of Topliss-reactive ketones (excluding diaryl/α,β-unsaturated/α-hetero) is 1. The van der Waals surface area contributed by atoms with E-state index in [0.717, 1.165) is 29.9 Å². The maximum absolute atomic E-state index is 11.7. The molecule has 2 aromatic rings. The van der Waals surface area contributed by atoms with Crippen molar-refractivity contribution in [1.29, 1.82) is 0 Å². The van der Waals surface area contributed by atoms with Crippen LogP contribution in [0.4, 0.5) is 0 Å². The summed E-state index contributed by atoms with van der Waals surface area (Å²) in [6.07, 6.45) is 0.906. The summed E-state index contributed by atoms with van der Waals surface area (Å²) in [5.74, 6) is 0.660. The van der Waals surface area contributed by atoms with E-state index >= 15 is 0 Å². The SMILES string of the molecule is CCc1cc(COc2cc(C)ccc2C(C)=O)n(CC)n1. The molecule has 0 N–H and O–H groups in total. The molecule has 0 spiro atoms. The molecule has 0 aliphatic rings. The summed E-state index contributed by atoms with van der Waals surface area (Å²) in [6.45, 7) is 8.92. The molecule has 1 heterocycles. The zero-order valence-electron chi connectivity index (χ0n) is 13.1. The summed E-state index contributed by atoms with van der Waals surface area (Å²) in [4.78, 5) is 11.7. The second kappa shape index (κ2) is 6.57. The largest absolute Gasteiger partial charge is 0.487 e. The highest BCUT2D eigenvalue weighted by Crippen LogP contribution is 2.22. The fourth-order valence-corrected chi connectivity index (χ4v) is 2.27. The number of aromatic nitrogens is 2. The van der Waals surface area contributed by atoms with E-state index < -0.39 is 0 Å². The first-order chi connectivity index (χ1) is 10.0. The van der Waals surface area contributed by atoms with Crippen molar-refractivity contribution in [2.24, 2.45) is 0 Å². The number of hydrogen-bond acceptors (Lipinski definition) is 3. The lowest BCUT2D eigenvalue weighted by atomic mass is 10.1. The van der Waals surface area contributed by atoms with Crippen molar-refractivity contribution in [3.05, 3.63) is 46.8 Å². The van der Waals surface area contributed by atoms with Gasteiger partial charge in [0.1, 0.15) is 12.4 Å². The molecule has 1 aromatic heterocycles. The number of nitrogens with zero attached hydrogens (tertiary/aromatic N) is 2. The average Bonchev–Trinajstić information content (AvgIpc) is 2.87. The summed E-state index contributed by atoms with van der Waals surface area (Å²) < 4.78 is 7.83. The summed E-state index contributed by atoms with van der Waals surface area (Å²) in [5.41, 5.74) is 3.80. The number of rotatable bonds is 6. The van der Waals surface area contributed by atoms with Crippen LogP contribution >= 0.6 is 0 Å². The Morgan fingerprint density at radius 3 is 2.67 bits per heavy atom. The lowest BCUT2D eigenvalue weighted by Gasteiger charge is -2.11. The number of aryl methyl sites for hydroxylation is 3.